The molecular formula is C18H12ClFN2O2S. The van der Waals surface area contributed by atoms with Crippen molar-refractivity contribution in [1.82, 2.24) is 0 Å². The van der Waals surface area contributed by atoms with Crippen molar-refractivity contribution in [2.45, 2.75) is 0 Å². The third-order valence-corrected chi connectivity index (χ3v) is 4.50. The van der Waals surface area contributed by atoms with Crippen LogP contribution in [-0.2, 0) is 0 Å². The van der Waals surface area contributed by atoms with E-state index in [2.05, 4.69) is 10.6 Å². The minimum absolute atomic E-state index is 0.287. The molecule has 1 aromatic heterocycles. The number of hydrogen-bond acceptors (Lipinski definition) is 3. The van der Waals surface area contributed by atoms with Crippen LogP contribution < -0.4 is 10.6 Å². The second-order valence-electron chi connectivity index (χ2n) is 5.09. The molecule has 0 aliphatic rings. The number of thiophene rings is 1. The van der Waals surface area contributed by atoms with Crippen LogP contribution in [0.2, 0.25) is 5.02 Å². The molecule has 7 heteroatoms. The van der Waals surface area contributed by atoms with E-state index < -0.39 is 11.7 Å². The lowest BCUT2D eigenvalue weighted by Crippen LogP contribution is -2.14. The predicted octanol–water partition coefficient (Wildman–Crippen LogP) is 5.05. The van der Waals surface area contributed by atoms with Gasteiger partial charge < -0.3 is 10.6 Å². The number of rotatable bonds is 4. The minimum atomic E-state index is -0.446. The number of carbonyl (C=O) groups is 2. The Labute approximate surface area is 152 Å². The predicted molar refractivity (Wildman–Crippen MR) is 98.1 cm³/mol. The maximum Gasteiger partial charge on any atom is 0.265 e. The number of nitrogens with one attached hydrogen (secondary N) is 2. The lowest BCUT2D eigenvalue weighted by Gasteiger charge is -2.10. The van der Waals surface area contributed by atoms with E-state index in [0.29, 0.717) is 21.3 Å². The van der Waals surface area contributed by atoms with Crippen molar-refractivity contribution < 1.29 is 14.0 Å². The Kier molecular flexibility index (Phi) is 5.11. The van der Waals surface area contributed by atoms with Gasteiger partial charge in [-0.15, -0.1) is 11.3 Å². The molecule has 4 nitrogen and oxygen atoms in total. The first-order valence-corrected chi connectivity index (χ1v) is 8.50. The number of halogens is 2. The second-order valence-corrected chi connectivity index (χ2v) is 6.45. The molecule has 2 N–H and O–H groups in total. The van der Waals surface area contributed by atoms with Crippen LogP contribution >= 0.6 is 22.9 Å². The van der Waals surface area contributed by atoms with Crippen LogP contribution in [0.1, 0.15) is 20.0 Å². The van der Waals surface area contributed by atoms with Gasteiger partial charge in [-0.2, -0.15) is 0 Å². The van der Waals surface area contributed by atoms with E-state index >= 15 is 0 Å². The smallest absolute Gasteiger partial charge is 0.265 e. The van der Waals surface area contributed by atoms with Gasteiger partial charge in [-0.1, -0.05) is 23.7 Å². The Morgan fingerprint density at radius 2 is 1.80 bits per heavy atom. The van der Waals surface area contributed by atoms with Gasteiger partial charge in [-0.25, -0.2) is 4.39 Å². The second kappa shape index (κ2) is 7.46. The standard InChI is InChI=1S/C18H12ClFN2O2S/c19-14-7-6-11(17(23)21-13-4-1-3-12(20)10-13)9-15(14)22-18(24)16-5-2-8-25-16/h1-10H,(H,21,23)(H,22,24). The number of benzene rings is 2. The molecule has 3 aromatic rings. The highest BCUT2D eigenvalue weighted by molar-refractivity contribution is 7.12. The Hall–Kier alpha value is -2.70. The quantitative estimate of drug-likeness (QED) is 0.671. The summed E-state index contributed by atoms with van der Waals surface area (Å²) in [4.78, 5) is 25.0. The van der Waals surface area contributed by atoms with Gasteiger partial charge in [0.2, 0.25) is 0 Å². The molecular weight excluding hydrogens is 363 g/mol. The number of hydrogen-bond donors (Lipinski definition) is 2. The maximum atomic E-state index is 13.2. The van der Waals surface area contributed by atoms with E-state index in [0.717, 1.165) is 0 Å². The summed E-state index contributed by atoms with van der Waals surface area (Å²) < 4.78 is 13.2. The summed E-state index contributed by atoms with van der Waals surface area (Å²) in [6.45, 7) is 0. The summed E-state index contributed by atoms with van der Waals surface area (Å²) >= 11 is 7.39. The fourth-order valence-corrected chi connectivity index (χ4v) is 2.91. The van der Waals surface area contributed by atoms with Gasteiger partial charge in [0.15, 0.2) is 0 Å². The molecule has 0 spiro atoms. The van der Waals surface area contributed by atoms with Crippen LogP contribution in [0.4, 0.5) is 15.8 Å². The first-order chi connectivity index (χ1) is 12.0. The molecule has 2 amide bonds. The van der Waals surface area contributed by atoms with Crippen molar-refractivity contribution in [3.8, 4) is 0 Å². The van der Waals surface area contributed by atoms with Gasteiger partial charge >= 0.3 is 0 Å². The molecule has 2 aromatic carbocycles. The normalized spacial score (nSPS) is 10.3. The lowest BCUT2D eigenvalue weighted by atomic mass is 10.1. The molecule has 3 rings (SSSR count). The zero-order valence-electron chi connectivity index (χ0n) is 12.8. The summed E-state index contributed by atoms with van der Waals surface area (Å²) in [5, 5.41) is 7.38. The van der Waals surface area contributed by atoms with Gasteiger partial charge in [0.25, 0.3) is 11.8 Å². The monoisotopic (exact) mass is 374 g/mol. The Morgan fingerprint density at radius 1 is 0.960 bits per heavy atom. The maximum absolute atomic E-state index is 13.2. The van der Waals surface area contributed by atoms with E-state index in [1.807, 2.05) is 0 Å². The van der Waals surface area contributed by atoms with E-state index in [9.17, 15) is 14.0 Å². The molecule has 0 bridgehead atoms. The van der Waals surface area contributed by atoms with Gasteiger partial charge in [0.05, 0.1) is 15.6 Å². The molecule has 0 fully saturated rings. The first-order valence-electron chi connectivity index (χ1n) is 7.24. The molecule has 25 heavy (non-hydrogen) atoms. The van der Waals surface area contributed by atoms with Crippen LogP contribution in [0, 0.1) is 5.82 Å². The van der Waals surface area contributed by atoms with Crippen molar-refractivity contribution in [1.29, 1.82) is 0 Å². The molecule has 126 valence electrons. The lowest BCUT2D eigenvalue weighted by molar-refractivity contribution is 0.101. The molecule has 0 saturated heterocycles. The summed E-state index contributed by atoms with van der Waals surface area (Å²) in [7, 11) is 0. The highest BCUT2D eigenvalue weighted by atomic mass is 35.5. The number of amides is 2. The summed E-state index contributed by atoms with van der Waals surface area (Å²) in [5.41, 5.74) is 0.950. The Balaban J connectivity index is 1.78. The van der Waals surface area contributed by atoms with Crippen molar-refractivity contribution in [3.63, 3.8) is 0 Å². The van der Waals surface area contributed by atoms with Gasteiger partial charge in [0.1, 0.15) is 5.82 Å². The van der Waals surface area contributed by atoms with Gasteiger partial charge in [-0.05, 0) is 47.8 Å². The van der Waals surface area contributed by atoms with Crippen molar-refractivity contribution in [2.24, 2.45) is 0 Å². The topological polar surface area (TPSA) is 58.2 Å². The molecule has 0 radical (unpaired) electrons. The summed E-state index contributed by atoms with van der Waals surface area (Å²) in [6.07, 6.45) is 0. The summed E-state index contributed by atoms with van der Waals surface area (Å²) in [5.74, 6) is -1.19. The van der Waals surface area contributed by atoms with E-state index in [-0.39, 0.29) is 11.5 Å². The fourth-order valence-electron chi connectivity index (χ4n) is 2.12. The van der Waals surface area contributed by atoms with Gasteiger partial charge in [0, 0.05) is 11.3 Å². The highest BCUT2D eigenvalue weighted by Crippen LogP contribution is 2.25. The van der Waals surface area contributed by atoms with E-state index in [1.54, 1.807) is 23.6 Å². The molecule has 1 heterocycles. The third-order valence-electron chi connectivity index (χ3n) is 3.30. The van der Waals surface area contributed by atoms with Crippen LogP contribution in [-0.4, -0.2) is 11.8 Å². The molecule has 0 atom stereocenters. The average molecular weight is 375 g/mol. The zero-order chi connectivity index (χ0) is 17.8. The Morgan fingerprint density at radius 3 is 2.52 bits per heavy atom. The minimum Gasteiger partial charge on any atom is -0.322 e. The fraction of sp³-hybridized carbons (Fsp3) is 0. The third kappa shape index (κ3) is 4.23. The molecule has 0 unspecified atom stereocenters. The van der Waals surface area contributed by atoms with Crippen LogP contribution in [0.5, 0.6) is 0 Å². The van der Waals surface area contributed by atoms with E-state index in [4.69, 9.17) is 11.6 Å². The summed E-state index contributed by atoms with van der Waals surface area (Å²) in [6, 6.07) is 13.6. The molecule has 0 aliphatic carbocycles. The van der Waals surface area contributed by atoms with Crippen LogP contribution in [0.15, 0.2) is 60.0 Å². The Bertz CT molecular complexity index is 929. The molecule has 0 aliphatic heterocycles. The van der Waals surface area contributed by atoms with Gasteiger partial charge in [-0.3, -0.25) is 9.59 Å². The zero-order valence-corrected chi connectivity index (χ0v) is 14.3. The van der Waals surface area contributed by atoms with Crippen molar-refractivity contribution in [2.75, 3.05) is 10.6 Å². The SMILES string of the molecule is O=C(Nc1cccc(F)c1)c1ccc(Cl)c(NC(=O)c2cccs2)c1. The average Bonchev–Trinajstić information content (AvgIpc) is 3.11. The number of anilines is 2. The van der Waals surface area contributed by atoms with Crippen LogP contribution in [0.3, 0.4) is 0 Å². The largest absolute Gasteiger partial charge is 0.322 e. The highest BCUT2D eigenvalue weighted by Gasteiger charge is 2.13. The number of carbonyl (C=O) groups excluding carboxylic acids is 2. The van der Waals surface area contributed by atoms with Crippen LogP contribution in [0.25, 0.3) is 0 Å². The van der Waals surface area contributed by atoms with Crippen molar-refractivity contribution >= 4 is 46.1 Å². The van der Waals surface area contributed by atoms with Crippen molar-refractivity contribution in [3.05, 3.63) is 81.3 Å². The molecule has 0 saturated carbocycles. The first kappa shape index (κ1) is 17.1. The van der Waals surface area contributed by atoms with E-state index in [1.165, 1.54) is 47.7 Å².